The number of rotatable bonds is 21. The van der Waals surface area contributed by atoms with E-state index in [2.05, 4.69) is 0 Å². The first kappa shape index (κ1) is 47.4. The lowest BCUT2D eigenvalue weighted by Crippen LogP contribution is -2.14. The number of hydrogen-bond acceptors (Lipinski definition) is 10. The summed E-state index contributed by atoms with van der Waals surface area (Å²) in [5, 5.41) is 2.02. The summed E-state index contributed by atoms with van der Waals surface area (Å²) in [7, 11) is 0. The molecule has 0 atom stereocenters. The third-order valence-corrected chi connectivity index (χ3v) is 10.5. The molecule has 0 aliphatic rings. The maximum Gasteiger partial charge on any atom is 0.347 e. The van der Waals surface area contributed by atoms with E-state index < -0.39 is 23.9 Å². The van der Waals surface area contributed by atoms with Crippen LogP contribution in [0.2, 0.25) is 20.1 Å². The second kappa shape index (κ2) is 24.1. The van der Waals surface area contributed by atoms with Crippen LogP contribution in [-0.4, -0.2) is 37.1 Å². The number of carbonyl (C=O) groups is 4. The number of ether oxygens (including phenoxy) is 6. The van der Waals surface area contributed by atoms with Crippen molar-refractivity contribution in [1.29, 1.82) is 0 Å². The Morgan fingerprint density at radius 3 is 0.891 bits per heavy atom. The zero-order chi connectivity index (χ0) is 45.3. The first-order valence-corrected chi connectivity index (χ1v) is 22.0. The minimum absolute atomic E-state index is 0.153. The molecular formula is C50H42Cl4O10. The van der Waals surface area contributed by atoms with Crippen LogP contribution < -0.4 is 28.4 Å². The molecular weight excluding hydrogens is 902 g/mol. The lowest BCUT2D eigenvalue weighted by molar-refractivity contribution is 0.0716. The van der Waals surface area contributed by atoms with Crippen LogP contribution in [0.25, 0.3) is 0 Å². The van der Waals surface area contributed by atoms with Gasteiger partial charge >= 0.3 is 23.9 Å². The SMILES string of the molecule is O=C(Oc1ccc(Cl)cc1)c1ccc(C(=O)Oc2ccc(Cl)cc2)c(OCCCCCCCCCCOc2cc(C(=O)Oc3ccc(Cl)cc3)ccc2C(=O)Oc2ccc(Cl)cc2)c1. The monoisotopic (exact) mass is 942 g/mol. The van der Waals surface area contributed by atoms with Gasteiger partial charge in [-0.05, 0) is 146 Å². The molecule has 0 unspecified atom stereocenters. The Labute approximate surface area is 390 Å². The second-order valence-corrected chi connectivity index (χ2v) is 16.1. The van der Waals surface area contributed by atoms with E-state index in [1.165, 1.54) is 36.4 Å². The van der Waals surface area contributed by atoms with E-state index in [0.717, 1.165) is 38.5 Å². The second-order valence-electron chi connectivity index (χ2n) is 14.3. The van der Waals surface area contributed by atoms with Gasteiger partial charge < -0.3 is 28.4 Å². The van der Waals surface area contributed by atoms with Gasteiger partial charge in [0.2, 0.25) is 0 Å². The third kappa shape index (κ3) is 14.8. The summed E-state index contributed by atoms with van der Waals surface area (Å²) < 4.78 is 34.2. The summed E-state index contributed by atoms with van der Waals surface area (Å²) in [6, 6.07) is 34.4. The topological polar surface area (TPSA) is 124 Å². The van der Waals surface area contributed by atoms with Gasteiger partial charge in [0.05, 0.1) is 24.3 Å². The number of carbonyl (C=O) groups excluding carboxylic acids is 4. The molecule has 6 rings (SSSR count). The van der Waals surface area contributed by atoms with Crippen LogP contribution in [-0.2, 0) is 0 Å². The molecule has 0 bridgehead atoms. The van der Waals surface area contributed by atoms with Crippen LogP contribution in [0, 0.1) is 0 Å². The van der Waals surface area contributed by atoms with Crippen molar-refractivity contribution in [3.05, 3.63) is 176 Å². The Kier molecular flexibility index (Phi) is 17.9. The number of esters is 4. The van der Waals surface area contributed by atoms with Crippen molar-refractivity contribution in [3.8, 4) is 34.5 Å². The lowest BCUT2D eigenvalue weighted by Gasteiger charge is -2.13. The molecule has 0 heterocycles. The Hall–Kier alpha value is -6.04. The summed E-state index contributed by atoms with van der Waals surface area (Å²) in [4.78, 5) is 52.4. The highest BCUT2D eigenvalue weighted by atomic mass is 35.5. The van der Waals surface area contributed by atoms with Crippen LogP contribution in [0.4, 0.5) is 0 Å². The molecule has 14 heteroatoms. The van der Waals surface area contributed by atoms with Gasteiger partial charge in [0, 0.05) is 20.1 Å². The standard InChI is InChI=1S/C50H42Cl4O10/c51-35-11-19-39(20-12-35)61-47(55)33-9-27-43(49(57)63-41-23-15-37(53)16-24-41)45(31-33)59-29-7-5-3-1-2-4-6-8-30-60-46-32-34(48(56)62-40-21-13-36(52)14-22-40)10-28-44(46)50(58)64-42-25-17-38(54)18-26-42/h9-28,31-32H,1-8,29-30H2. The van der Waals surface area contributed by atoms with E-state index in [4.69, 9.17) is 74.8 Å². The number of unbranched alkanes of at least 4 members (excludes halogenated alkanes) is 7. The van der Waals surface area contributed by atoms with Crippen molar-refractivity contribution in [1.82, 2.24) is 0 Å². The van der Waals surface area contributed by atoms with Crippen molar-refractivity contribution in [3.63, 3.8) is 0 Å². The van der Waals surface area contributed by atoms with Gasteiger partial charge in [-0.1, -0.05) is 84.9 Å². The zero-order valence-electron chi connectivity index (χ0n) is 34.4. The van der Waals surface area contributed by atoms with Gasteiger partial charge in [-0.15, -0.1) is 0 Å². The molecule has 0 radical (unpaired) electrons. The molecule has 0 aliphatic heterocycles. The highest BCUT2D eigenvalue weighted by molar-refractivity contribution is 6.31. The first-order chi connectivity index (χ1) is 31.0. The van der Waals surface area contributed by atoms with Crippen LogP contribution in [0.3, 0.4) is 0 Å². The third-order valence-electron chi connectivity index (χ3n) is 9.53. The Balaban J connectivity index is 0.952. The fourth-order valence-electron chi connectivity index (χ4n) is 6.17. The zero-order valence-corrected chi connectivity index (χ0v) is 37.4. The summed E-state index contributed by atoms with van der Waals surface area (Å²) >= 11 is 23.9. The van der Waals surface area contributed by atoms with E-state index in [-0.39, 0.29) is 33.8 Å². The van der Waals surface area contributed by atoms with Crippen molar-refractivity contribution in [2.45, 2.75) is 51.4 Å². The van der Waals surface area contributed by atoms with E-state index >= 15 is 0 Å². The normalized spacial score (nSPS) is 10.8. The molecule has 0 saturated heterocycles. The minimum atomic E-state index is -0.652. The van der Waals surface area contributed by atoms with E-state index in [1.54, 1.807) is 97.1 Å². The van der Waals surface area contributed by atoms with E-state index in [0.29, 0.717) is 69.1 Å². The lowest BCUT2D eigenvalue weighted by atomic mass is 10.1. The first-order valence-electron chi connectivity index (χ1n) is 20.5. The molecule has 0 saturated carbocycles. The fraction of sp³-hybridized carbons (Fsp3) is 0.200. The molecule has 0 amide bonds. The van der Waals surface area contributed by atoms with Gasteiger partial charge in [-0.25, -0.2) is 19.2 Å². The van der Waals surface area contributed by atoms with Gasteiger partial charge in [0.15, 0.2) is 0 Å². The van der Waals surface area contributed by atoms with E-state index in [9.17, 15) is 19.2 Å². The Morgan fingerprint density at radius 1 is 0.328 bits per heavy atom. The maximum atomic E-state index is 13.2. The van der Waals surface area contributed by atoms with Gasteiger partial charge in [-0.2, -0.15) is 0 Å². The highest BCUT2D eigenvalue weighted by Crippen LogP contribution is 2.28. The van der Waals surface area contributed by atoms with Gasteiger partial charge in [-0.3, -0.25) is 0 Å². The smallest absolute Gasteiger partial charge is 0.347 e. The molecule has 64 heavy (non-hydrogen) atoms. The molecule has 10 nitrogen and oxygen atoms in total. The van der Waals surface area contributed by atoms with Crippen molar-refractivity contribution >= 4 is 70.3 Å². The van der Waals surface area contributed by atoms with Crippen LogP contribution in [0.5, 0.6) is 34.5 Å². The van der Waals surface area contributed by atoms with Crippen LogP contribution in [0.1, 0.15) is 92.8 Å². The maximum absolute atomic E-state index is 13.2. The average molecular weight is 945 g/mol. The van der Waals surface area contributed by atoms with Crippen molar-refractivity contribution in [2.75, 3.05) is 13.2 Å². The molecule has 0 N–H and O–H groups in total. The Bertz CT molecular complexity index is 2330. The van der Waals surface area contributed by atoms with Crippen LogP contribution in [0.15, 0.2) is 133 Å². The molecule has 6 aromatic rings. The average Bonchev–Trinajstić information content (AvgIpc) is 3.29. The molecule has 0 aromatic heterocycles. The summed E-state index contributed by atoms with van der Waals surface area (Å²) in [6.45, 7) is 0.618. The minimum Gasteiger partial charge on any atom is -0.493 e. The van der Waals surface area contributed by atoms with Crippen molar-refractivity contribution in [2.24, 2.45) is 0 Å². The number of halogens is 4. The largest absolute Gasteiger partial charge is 0.493 e. The number of benzene rings is 6. The summed E-state index contributed by atoms with van der Waals surface area (Å²) in [5.41, 5.74) is 0.693. The van der Waals surface area contributed by atoms with E-state index in [1.807, 2.05) is 0 Å². The van der Waals surface area contributed by atoms with Gasteiger partial charge in [0.25, 0.3) is 0 Å². The van der Waals surface area contributed by atoms with Crippen molar-refractivity contribution < 1.29 is 47.6 Å². The molecule has 0 aliphatic carbocycles. The summed E-state index contributed by atoms with van der Waals surface area (Å²) in [5.74, 6) is -0.917. The molecule has 0 spiro atoms. The highest BCUT2D eigenvalue weighted by Gasteiger charge is 2.21. The predicted molar refractivity (Wildman–Crippen MR) is 246 cm³/mol. The van der Waals surface area contributed by atoms with Gasteiger partial charge in [0.1, 0.15) is 45.6 Å². The Morgan fingerprint density at radius 2 is 0.594 bits per heavy atom. The quantitative estimate of drug-likeness (QED) is 0.0391. The molecule has 6 aromatic carbocycles. The fourth-order valence-corrected chi connectivity index (χ4v) is 6.67. The number of hydrogen-bond donors (Lipinski definition) is 0. The molecule has 0 fully saturated rings. The summed E-state index contributed by atoms with van der Waals surface area (Å²) in [6.07, 6.45) is 7.15. The predicted octanol–water partition coefficient (Wildman–Crippen LogP) is 13.8. The molecule has 330 valence electrons. The van der Waals surface area contributed by atoms with Crippen LogP contribution >= 0.6 is 46.4 Å².